The molecule has 3 atom stereocenters. The molecule has 0 bridgehead atoms. The molecule has 8 heteroatoms. The van der Waals surface area contributed by atoms with Gasteiger partial charge in [-0.15, -0.1) is 0 Å². The summed E-state index contributed by atoms with van der Waals surface area (Å²) in [4.78, 5) is 35.8. The number of hydrogen-bond acceptors (Lipinski definition) is 5. The van der Waals surface area contributed by atoms with Crippen molar-refractivity contribution in [2.24, 2.45) is 0 Å². The first-order valence-electron chi connectivity index (χ1n) is 6.84. The summed E-state index contributed by atoms with van der Waals surface area (Å²) in [7, 11) is 1.23. The van der Waals surface area contributed by atoms with Gasteiger partial charge in [0.1, 0.15) is 6.04 Å². The van der Waals surface area contributed by atoms with Gasteiger partial charge in [-0.2, -0.15) is 0 Å². The molecule has 21 heavy (non-hydrogen) atoms. The minimum atomic E-state index is -1.18. The van der Waals surface area contributed by atoms with E-state index in [0.29, 0.717) is 13.1 Å². The van der Waals surface area contributed by atoms with E-state index in [-0.39, 0.29) is 25.0 Å². The van der Waals surface area contributed by atoms with Gasteiger partial charge in [0.25, 0.3) is 0 Å². The predicted octanol–water partition coefficient (Wildman–Crippen LogP) is 0.212. The number of morpholine rings is 1. The molecule has 2 N–H and O–H groups in total. The number of urea groups is 1. The van der Waals surface area contributed by atoms with E-state index < -0.39 is 24.0 Å². The molecule has 0 spiro atoms. The number of carbonyl (C=O) groups excluding carboxylic acids is 2. The van der Waals surface area contributed by atoms with Crippen LogP contribution in [-0.2, 0) is 19.1 Å². The van der Waals surface area contributed by atoms with Crippen molar-refractivity contribution in [3.05, 3.63) is 0 Å². The zero-order valence-electron chi connectivity index (χ0n) is 12.5. The Hall–Kier alpha value is -1.83. The van der Waals surface area contributed by atoms with E-state index >= 15 is 0 Å². The van der Waals surface area contributed by atoms with Gasteiger partial charge < -0.3 is 24.8 Å². The van der Waals surface area contributed by atoms with Gasteiger partial charge in [-0.05, 0) is 20.3 Å². The average Bonchev–Trinajstić information content (AvgIpc) is 2.41. The summed E-state index contributed by atoms with van der Waals surface area (Å²) in [6.45, 7) is 4.50. The normalized spacial score (nSPS) is 23.3. The molecule has 0 aromatic rings. The zero-order chi connectivity index (χ0) is 16.0. The summed E-state index contributed by atoms with van der Waals surface area (Å²) in [5.41, 5.74) is 0. The molecule has 1 aliphatic heterocycles. The highest BCUT2D eigenvalue weighted by molar-refractivity contribution is 5.83. The Morgan fingerprint density at radius 3 is 2.38 bits per heavy atom. The minimum absolute atomic E-state index is 0.0107. The van der Waals surface area contributed by atoms with E-state index in [1.165, 1.54) is 12.0 Å². The van der Waals surface area contributed by atoms with E-state index in [1.54, 1.807) is 0 Å². The van der Waals surface area contributed by atoms with Gasteiger partial charge in [0.2, 0.25) is 0 Å². The number of nitrogens with one attached hydrogen (secondary N) is 1. The molecule has 1 aliphatic rings. The topological polar surface area (TPSA) is 105 Å². The second-order valence-corrected chi connectivity index (χ2v) is 5.12. The van der Waals surface area contributed by atoms with Crippen molar-refractivity contribution in [2.45, 2.75) is 44.9 Å². The van der Waals surface area contributed by atoms with Gasteiger partial charge in [-0.1, -0.05) is 0 Å². The third-order valence-electron chi connectivity index (χ3n) is 3.17. The van der Waals surface area contributed by atoms with Crippen LogP contribution < -0.4 is 5.32 Å². The highest BCUT2D eigenvalue weighted by atomic mass is 16.5. The van der Waals surface area contributed by atoms with Crippen molar-refractivity contribution in [3.8, 4) is 0 Å². The van der Waals surface area contributed by atoms with Gasteiger partial charge in [0, 0.05) is 19.5 Å². The standard InChI is InChI=1S/C13H22N2O6/c1-8-6-15(7-9(2)21-8)13(19)14-10(12(17)18)4-5-11(16)20-3/h8-10H,4-7H2,1-3H3,(H,14,19)(H,17,18)/t8?,9?,10-/m1/s1. The lowest BCUT2D eigenvalue weighted by Crippen LogP contribution is -2.54. The highest BCUT2D eigenvalue weighted by Gasteiger charge is 2.29. The monoisotopic (exact) mass is 302 g/mol. The summed E-state index contributed by atoms with van der Waals surface area (Å²) in [6, 6.07) is -1.58. The lowest BCUT2D eigenvalue weighted by molar-refractivity contribution is -0.142. The van der Waals surface area contributed by atoms with Crippen molar-refractivity contribution in [3.63, 3.8) is 0 Å². The van der Waals surface area contributed by atoms with E-state index in [9.17, 15) is 14.4 Å². The SMILES string of the molecule is COC(=O)CC[C@@H](NC(=O)N1CC(C)OC(C)C1)C(=O)O. The lowest BCUT2D eigenvalue weighted by Gasteiger charge is -2.35. The molecule has 8 nitrogen and oxygen atoms in total. The molecule has 0 aliphatic carbocycles. The maximum atomic E-state index is 12.1. The number of rotatable bonds is 5. The number of carboxylic acid groups (broad SMARTS) is 1. The van der Waals surface area contributed by atoms with Crippen LogP contribution >= 0.6 is 0 Å². The van der Waals surface area contributed by atoms with E-state index in [0.717, 1.165) is 0 Å². The van der Waals surface area contributed by atoms with Crippen LogP contribution in [0.2, 0.25) is 0 Å². The molecule has 0 aromatic carbocycles. The summed E-state index contributed by atoms with van der Waals surface area (Å²) in [6.07, 6.45) is -0.275. The first-order chi connectivity index (χ1) is 9.83. The van der Waals surface area contributed by atoms with Gasteiger partial charge in [-0.3, -0.25) is 4.79 Å². The molecular formula is C13H22N2O6. The Balaban J connectivity index is 2.55. The van der Waals surface area contributed by atoms with Crippen molar-refractivity contribution in [2.75, 3.05) is 20.2 Å². The number of aliphatic carboxylic acids is 1. The molecule has 2 unspecified atom stereocenters. The third kappa shape index (κ3) is 5.58. The van der Waals surface area contributed by atoms with Crippen LogP contribution in [0.5, 0.6) is 0 Å². The highest BCUT2D eigenvalue weighted by Crippen LogP contribution is 2.11. The number of methoxy groups -OCH3 is 1. The fraction of sp³-hybridized carbons (Fsp3) is 0.769. The number of carboxylic acids is 1. The number of hydrogen-bond donors (Lipinski definition) is 2. The van der Waals surface area contributed by atoms with Crippen LogP contribution in [0.15, 0.2) is 0 Å². The second kappa shape index (κ2) is 7.82. The second-order valence-electron chi connectivity index (χ2n) is 5.12. The number of nitrogens with zero attached hydrogens (tertiary/aromatic N) is 1. The fourth-order valence-corrected chi connectivity index (χ4v) is 2.21. The molecule has 1 saturated heterocycles. The largest absolute Gasteiger partial charge is 0.480 e. The smallest absolute Gasteiger partial charge is 0.326 e. The summed E-state index contributed by atoms with van der Waals surface area (Å²) in [5.74, 6) is -1.69. The first kappa shape index (κ1) is 17.2. The van der Waals surface area contributed by atoms with Crippen molar-refractivity contribution >= 4 is 18.0 Å². The maximum absolute atomic E-state index is 12.1. The Morgan fingerprint density at radius 1 is 1.33 bits per heavy atom. The van der Waals surface area contributed by atoms with Crippen LogP contribution in [0.25, 0.3) is 0 Å². The van der Waals surface area contributed by atoms with Gasteiger partial charge >= 0.3 is 18.0 Å². The van der Waals surface area contributed by atoms with Crippen molar-refractivity contribution in [1.82, 2.24) is 10.2 Å². The molecule has 1 fully saturated rings. The van der Waals surface area contributed by atoms with Crippen LogP contribution in [0, 0.1) is 0 Å². The average molecular weight is 302 g/mol. The van der Waals surface area contributed by atoms with Crippen LogP contribution in [0.3, 0.4) is 0 Å². The van der Waals surface area contributed by atoms with Crippen molar-refractivity contribution in [1.29, 1.82) is 0 Å². The number of ether oxygens (including phenoxy) is 2. The van der Waals surface area contributed by atoms with E-state index in [2.05, 4.69) is 10.1 Å². The number of carbonyl (C=O) groups is 3. The Bertz CT molecular complexity index is 390. The molecule has 0 aromatic heterocycles. The Kier molecular flexibility index (Phi) is 6.41. The summed E-state index contributed by atoms with van der Waals surface area (Å²) >= 11 is 0. The zero-order valence-corrected chi connectivity index (χ0v) is 12.5. The maximum Gasteiger partial charge on any atom is 0.326 e. The Labute approximate surface area is 123 Å². The molecule has 1 heterocycles. The molecule has 0 saturated carbocycles. The summed E-state index contributed by atoms with van der Waals surface area (Å²) < 4.78 is 9.97. The summed E-state index contributed by atoms with van der Waals surface area (Å²) in [5, 5.41) is 11.5. The van der Waals surface area contributed by atoms with Crippen LogP contribution in [-0.4, -0.2) is 66.4 Å². The van der Waals surface area contributed by atoms with E-state index in [4.69, 9.17) is 9.84 Å². The van der Waals surface area contributed by atoms with Gasteiger partial charge in [0.05, 0.1) is 19.3 Å². The lowest BCUT2D eigenvalue weighted by atomic mass is 10.1. The van der Waals surface area contributed by atoms with Crippen molar-refractivity contribution < 1.29 is 29.0 Å². The number of amides is 2. The molecule has 0 radical (unpaired) electrons. The van der Waals surface area contributed by atoms with Gasteiger partial charge in [0.15, 0.2) is 0 Å². The predicted molar refractivity (Wildman–Crippen MR) is 72.8 cm³/mol. The molecule has 120 valence electrons. The number of esters is 1. The minimum Gasteiger partial charge on any atom is -0.480 e. The molecular weight excluding hydrogens is 280 g/mol. The van der Waals surface area contributed by atoms with E-state index in [1.807, 2.05) is 13.8 Å². The van der Waals surface area contributed by atoms with Crippen LogP contribution in [0.4, 0.5) is 4.79 Å². The quantitative estimate of drug-likeness (QED) is 0.703. The Morgan fingerprint density at radius 2 is 1.90 bits per heavy atom. The fourth-order valence-electron chi connectivity index (χ4n) is 2.21. The first-order valence-corrected chi connectivity index (χ1v) is 6.84. The molecule has 2 amide bonds. The third-order valence-corrected chi connectivity index (χ3v) is 3.17. The molecule has 1 rings (SSSR count). The van der Waals surface area contributed by atoms with Gasteiger partial charge in [-0.25, -0.2) is 9.59 Å². The van der Waals surface area contributed by atoms with Crippen LogP contribution in [0.1, 0.15) is 26.7 Å².